The highest BCUT2D eigenvalue weighted by Crippen LogP contribution is 2.23. The van der Waals surface area contributed by atoms with Gasteiger partial charge in [-0.3, -0.25) is 0 Å². The van der Waals surface area contributed by atoms with Gasteiger partial charge in [-0.25, -0.2) is 0 Å². The Morgan fingerprint density at radius 1 is 1.44 bits per heavy atom. The zero-order valence-electron chi connectivity index (χ0n) is 10.1. The van der Waals surface area contributed by atoms with E-state index >= 15 is 0 Å². The van der Waals surface area contributed by atoms with Crippen molar-refractivity contribution in [2.75, 3.05) is 34.3 Å². The molecule has 0 heterocycles. The van der Waals surface area contributed by atoms with Gasteiger partial charge in [0.2, 0.25) is 0 Å². The summed E-state index contributed by atoms with van der Waals surface area (Å²) in [5, 5.41) is 3.14. The van der Waals surface area contributed by atoms with E-state index in [0.717, 1.165) is 29.9 Å². The van der Waals surface area contributed by atoms with Crippen molar-refractivity contribution in [3.05, 3.63) is 28.2 Å². The predicted molar refractivity (Wildman–Crippen MR) is 71.0 cm³/mol. The van der Waals surface area contributed by atoms with Crippen LogP contribution in [0.25, 0.3) is 0 Å². The van der Waals surface area contributed by atoms with Gasteiger partial charge in [0.15, 0.2) is 0 Å². The van der Waals surface area contributed by atoms with E-state index in [4.69, 9.17) is 4.74 Å². The van der Waals surface area contributed by atoms with E-state index in [1.807, 2.05) is 19.2 Å². The van der Waals surface area contributed by atoms with Gasteiger partial charge in [0.1, 0.15) is 5.75 Å². The van der Waals surface area contributed by atoms with Crippen LogP contribution in [0.4, 0.5) is 0 Å². The molecule has 0 atom stereocenters. The fourth-order valence-corrected chi connectivity index (χ4v) is 1.84. The second kappa shape index (κ2) is 6.89. The molecule has 4 heteroatoms. The fraction of sp³-hybridized carbons (Fsp3) is 0.500. The Morgan fingerprint density at radius 3 is 2.81 bits per heavy atom. The van der Waals surface area contributed by atoms with Gasteiger partial charge in [0.25, 0.3) is 0 Å². The first-order valence-electron chi connectivity index (χ1n) is 5.33. The first-order chi connectivity index (χ1) is 7.67. The van der Waals surface area contributed by atoms with Gasteiger partial charge < -0.3 is 15.0 Å². The fourth-order valence-electron chi connectivity index (χ4n) is 1.47. The first-order valence-corrected chi connectivity index (χ1v) is 6.12. The van der Waals surface area contributed by atoms with Gasteiger partial charge in [-0.1, -0.05) is 15.9 Å². The van der Waals surface area contributed by atoms with Gasteiger partial charge in [-0.05, 0) is 37.9 Å². The molecule has 1 rings (SSSR count). The molecule has 3 nitrogen and oxygen atoms in total. The van der Waals surface area contributed by atoms with E-state index in [9.17, 15) is 0 Å². The van der Waals surface area contributed by atoms with E-state index in [1.54, 1.807) is 7.11 Å². The summed E-state index contributed by atoms with van der Waals surface area (Å²) in [5.41, 5.74) is 1.25. The molecule has 0 radical (unpaired) electrons. The maximum absolute atomic E-state index is 5.22. The lowest BCUT2D eigenvalue weighted by Gasteiger charge is -2.17. The average Bonchev–Trinajstić information content (AvgIpc) is 2.29. The van der Waals surface area contributed by atoms with Crippen LogP contribution in [0.3, 0.4) is 0 Å². The molecule has 0 aliphatic rings. The van der Waals surface area contributed by atoms with Crippen molar-refractivity contribution >= 4 is 15.9 Å². The van der Waals surface area contributed by atoms with Crippen LogP contribution in [-0.2, 0) is 6.54 Å². The number of hydrogen-bond acceptors (Lipinski definition) is 3. The molecule has 1 aromatic rings. The molecule has 0 spiro atoms. The van der Waals surface area contributed by atoms with Crippen LogP contribution in [0.5, 0.6) is 5.75 Å². The molecule has 0 aromatic heterocycles. The number of likely N-dealkylation sites (N-methyl/N-ethyl adjacent to an activating group) is 2. The monoisotopic (exact) mass is 286 g/mol. The molecular formula is C12H19BrN2O. The molecule has 0 saturated heterocycles. The third kappa shape index (κ3) is 4.12. The minimum atomic E-state index is 0.903. The maximum Gasteiger partial charge on any atom is 0.119 e. The van der Waals surface area contributed by atoms with E-state index in [-0.39, 0.29) is 0 Å². The second-order valence-electron chi connectivity index (χ2n) is 3.80. The van der Waals surface area contributed by atoms with Gasteiger partial charge in [0, 0.05) is 24.1 Å². The summed E-state index contributed by atoms with van der Waals surface area (Å²) < 4.78 is 6.35. The number of ether oxygens (including phenoxy) is 1. The molecule has 0 amide bonds. The molecule has 0 unspecified atom stereocenters. The van der Waals surface area contributed by atoms with Crippen LogP contribution in [0.15, 0.2) is 22.7 Å². The number of benzene rings is 1. The lowest BCUT2D eigenvalue weighted by Crippen LogP contribution is -2.27. The van der Waals surface area contributed by atoms with E-state index in [0.29, 0.717) is 0 Å². The maximum atomic E-state index is 5.22. The molecule has 1 aromatic carbocycles. The van der Waals surface area contributed by atoms with Crippen molar-refractivity contribution in [3.63, 3.8) is 0 Å². The number of halogens is 1. The molecule has 1 N–H and O–H groups in total. The van der Waals surface area contributed by atoms with Crippen LogP contribution in [0.1, 0.15) is 5.56 Å². The van der Waals surface area contributed by atoms with Crippen molar-refractivity contribution < 1.29 is 4.74 Å². The highest BCUT2D eigenvalue weighted by molar-refractivity contribution is 9.10. The van der Waals surface area contributed by atoms with Crippen molar-refractivity contribution in [1.82, 2.24) is 10.2 Å². The van der Waals surface area contributed by atoms with Gasteiger partial charge >= 0.3 is 0 Å². The highest BCUT2D eigenvalue weighted by atomic mass is 79.9. The zero-order chi connectivity index (χ0) is 12.0. The van der Waals surface area contributed by atoms with Gasteiger partial charge in [-0.2, -0.15) is 0 Å². The summed E-state index contributed by atoms with van der Waals surface area (Å²) in [5.74, 6) is 0.903. The van der Waals surface area contributed by atoms with Gasteiger partial charge in [-0.15, -0.1) is 0 Å². The van der Waals surface area contributed by atoms with Crippen LogP contribution in [0, 0.1) is 0 Å². The number of hydrogen-bond donors (Lipinski definition) is 1. The summed E-state index contributed by atoms with van der Waals surface area (Å²) in [7, 11) is 5.77. The topological polar surface area (TPSA) is 24.5 Å². The summed E-state index contributed by atoms with van der Waals surface area (Å²) in [4.78, 5) is 2.27. The number of nitrogens with zero attached hydrogens (tertiary/aromatic N) is 1. The Hall–Kier alpha value is -0.580. The lowest BCUT2D eigenvalue weighted by atomic mass is 10.2. The normalized spacial score (nSPS) is 10.8. The Bertz CT molecular complexity index is 331. The van der Waals surface area contributed by atoms with E-state index in [1.165, 1.54) is 5.56 Å². The van der Waals surface area contributed by atoms with E-state index in [2.05, 4.69) is 39.3 Å². The smallest absolute Gasteiger partial charge is 0.119 e. The standard InChI is InChI=1S/C12H19BrN2O/c1-14-6-7-15(2)9-10-8-11(16-3)4-5-12(10)13/h4-5,8,14H,6-7,9H2,1-3H3. The minimum absolute atomic E-state index is 0.903. The third-order valence-electron chi connectivity index (χ3n) is 2.44. The molecule has 0 fully saturated rings. The zero-order valence-corrected chi connectivity index (χ0v) is 11.7. The molecule has 16 heavy (non-hydrogen) atoms. The highest BCUT2D eigenvalue weighted by Gasteiger charge is 2.05. The quantitative estimate of drug-likeness (QED) is 0.867. The summed E-state index contributed by atoms with van der Waals surface area (Å²) >= 11 is 3.56. The minimum Gasteiger partial charge on any atom is -0.497 e. The lowest BCUT2D eigenvalue weighted by molar-refractivity contribution is 0.326. The third-order valence-corrected chi connectivity index (χ3v) is 3.21. The Labute approximate surface area is 106 Å². The van der Waals surface area contributed by atoms with Crippen LogP contribution in [0.2, 0.25) is 0 Å². The number of methoxy groups -OCH3 is 1. The molecule has 0 aliphatic heterocycles. The predicted octanol–water partition coefficient (Wildman–Crippen LogP) is 2.11. The van der Waals surface area contributed by atoms with Crippen LogP contribution < -0.4 is 10.1 Å². The average molecular weight is 287 g/mol. The molecule has 0 saturated carbocycles. The molecule has 90 valence electrons. The molecular weight excluding hydrogens is 268 g/mol. The number of nitrogens with one attached hydrogen (secondary N) is 1. The Kier molecular flexibility index (Phi) is 5.80. The summed E-state index contributed by atoms with van der Waals surface area (Å²) in [6.45, 7) is 2.94. The summed E-state index contributed by atoms with van der Waals surface area (Å²) in [6.07, 6.45) is 0. The Balaban J connectivity index is 2.64. The van der Waals surface area contributed by atoms with Gasteiger partial charge in [0.05, 0.1) is 7.11 Å². The van der Waals surface area contributed by atoms with Crippen molar-refractivity contribution in [2.24, 2.45) is 0 Å². The summed E-state index contributed by atoms with van der Waals surface area (Å²) in [6, 6.07) is 6.06. The SMILES string of the molecule is CNCCN(C)Cc1cc(OC)ccc1Br. The first kappa shape index (κ1) is 13.5. The molecule has 0 aliphatic carbocycles. The van der Waals surface area contributed by atoms with Crippen molar-refractivity contribution in [2.45, 2.75) is 6.54 Å². The van der Waals surface area contributed by atoms with E-state index < -0.39 is 0 Å². The Morgan fingerprint density at radius 2 is 2.19 bits per heavy atom. The number of rotatable bonds is 6. The second-order valence-corrected chi connectivity index (χ2v) is 4.65. The molecule has 0 bridgehead atoms. The largest absolute Gasteiger partial charge is 0.497 e. The van der Waals surface area contributed by atoms with Crippen molar-refractivity contribution in [1.29, 1.82) is 0 Å². The van der Waals surface area contributed by atoms with Crippen LogP contribution in [-0.4, -0.2) is 39.2 Å². The van der Waals surface area contributed by atoms with Crippen LogP contribution >= 0.6 is 15.9 Å². The van der Waals surface area contributed by atoms with Crippen molar-refractivity contribution in [3.8, 4) is 5.75 Å².